The molecule has 0 saturated heterocycles. The van der Waals surface area contributed by atoms with Crippen LogP contribution in [0.25, 0.3) is 0 Å². The Balaban J connectivity index is 2.22. The second-order valence-corrected chi connectivity index (χ2v) is 24.9. The molecule has 0 spiro atoms. The molecular formula is C24H44IO2P. The molecule has 0 aromatic heterocycles. The van der Waals surface area contributed by atoms with Crippen LogP contribution in [0.15, 0.2) is 24.3 Å². The smallest absolute Gasteiger partial charge is 0.0632 e. The number of rotatable bonds is 16. The Labute approximate surface area is 188 Å². The van der Waals surface area contributed by atoms with Gasteiger partial charge in [-0.1, -0.05) is 13.8 Å². The first kappa shape index (κ1) is 26.3. The predicted octanol–water partition coefficient (Wildman–Crippen LogP) is 7.56. The van der Waals surface area contributed by atoms with Gasteiger partial charge < -0.3 is 0 Å². The fraction of sp³-hybridized carbons (Fsp3) is 0.750. The van der Waals surface area contributed by atoms with E-state index in [4.69, 9.17) is 9.47 Å². The topological polar surface area (TPSA) is 18.5 Å². The summed E-state index contributed by atoms with van der Waals surface area (Å²) >= 11 is 2.72. The van der Waals surface area contributed by atoms with Gasteiger partial charge in [-0.2, -0.15) is 0 Å². The van der Waals surface area contributed by atoms with E-state index in [1.807, 2.05) is 0 Å². The summed E-state index contributed by atoms with van der Waals surface area (Å²) in [5, 5.41) is 1.61. The number of aryl methyl sites for hydroxylation is 1. The van der Waals surface area contributed by atoms with Crippen LogP contribution >= 0.6 is 26.3 Å². The molecule has 0 bridgehead atoms. The monoisotopic (exact) mass is 522 g/mol. The van der Waals surface area contributed by atoms with Crippen LogP contribution in [0.3, 0.4) is 0 Å². The number of hydrogen-bond acceptors (Lipinski definition) is 2. The van der Waals surface area contributed by atoms with Gasteiger partial charge in [-0.3, -0.25) is 0 Å². The summed E-state index contributed by atoms with van der Waals surface area (Å²) in [6.07, 6.45) is 12.2. The quantitative estimate of drug-likeness (QED) is 0.0966. The van der Waals surface area contributed by atoms with E-state index in [2.05, 4.69) is 80.1 Å². The van der Waals surface area contributed by atoms with Crippen LogP contribution in [0.5, 0.6) is 0 Å². The summed E-state index contributed by atoms with van der Waals surface area (Å²) in [6, 6.07) is 9.11. The summed E-state index contributed by atoms with van der Waals surface area (Å²) in [6.45, 7) is 13.3. The minimum Gasteiger partial charge on any atom is -0.0632 e. The van der Waals surface area contributed by atoms with Crippen LogP contribution in [0.4, 0.5) is 0 Å². The molecule has 0 atom stereocenters. The standard InChI is InChI=1S/C24H44IO2P/c1-6-20-26-24(27-21-7-2)19-13-11-9-8-10-12-16-22-17-14-15-18-23(22)28(3,4,5)25/h14-15,17-18,24H,6-13,16,19-21H2,1-5H3. The van der Waals surface area contributed by atoms with E-state index in [1.165, 1.54) is 44.9 Å². The van der Waals surface area contributed by atoms with Gasteiger partial charge in [-0.05, 0) is 12.8 Å². The molecule has 4 heteroatoms. The van der Waals surface area contributed by atoms with Crippen molar-refractivity contribution < 1.29 is 9.47 Å². The van der Waals surface area contributed by atoms with Crippen molar-refractivity contribution in [3.8, 4) is 0 Å². The molecule has 0 radical (unpaired) electrons. The molecule has 0 heterocycles. The zero-order valence-electron chi connectivity index (χ0n) is 19.0. The van der Waals surface area contributed by atoms with Crippen molar-refractivity contribution in [2.45, 2.75) is 84.3 Å². The minimum atomic E-state index is -1.72. The molecule has 1 rings (SSSR count). The zero-order valence-corrected chi connectivity index (χ0v) is 22.1. The van der Waals surface area contributed by atoms with Crippen molar-refractivity contribution in [1.29, 1.82) is 0 Å². The van der Waals surface area contributed by atoms with Gasteiger partial charge in [0.05, 0.1) is 0 Å². The van der Waals surface area contributed by atoms with Crippen molar-refractivity contribution in [3.63, 3.8) is 0 Å². The fourth-order valence-electron chi connectivity index (χ4n) is 3.51. The maximum absolute atomic E-state index is 5.81. The fourth-order valence-corrected chi connectivity index (χ4v) is 6.66. The first-order valence-corrected chi connectivity index (χ1v) is 17.6. The molecule has 0 N–H and O–H groups in total. The number of unbranched alkanes of at least 4 members (excludes halogenated alkanes) is 5. The van der Waals surface area contributed by atoms with Gasteiger partial charge in [-0.15, -0.1) is 0 Å². The Morgan fingerprint density at radius 2 is 1.36 bits per heavy atom. The molecule has 0 aliphatic carbocycles. The summed E-state index contributed by atoms with van der Waals surface area (Å²) in [5.74, 6) is 0. The number of ether oxygens (including phenoxy) is 2. The summed E-state index contributed by atoms with van der Waals surface area (Å²) in [7, 11) is 0. The number of halogens is 1. The first-order valence-electron chi connectivity index (χ1n) is 11.3. The molecular weight excluding hydrogens is 478 g/mol. The van der Waals surface area contributed by atoms with Gasteiger partial charge in [0, 0.05) is 13.2 Å². The minimum absolute atomic E-state index is 0.0123. The predicted molar refractivity (Wildman–Crippen MR) is 137 cm³/mol. The van der Waals surface area contributed by atoms with Crippen molar-refractivity contribution >= 4 is 31.6 Å². The van der Waals surface area contributed by atoms with E-state index in [9.17, 15) is 0 Å². The normalized spacial score (nSPS) is 13.6. The Morgan fingerprint density at radius 3 is 1.93 bits per heavy atom. The van der Waals surface area contributed by atoms with Crippen molar-refractivity contribution in [1.82, 2.24) is 0 Å². The van der Waals surface area contributed by atoms with Gasteiger partial charge in [0.25, 0.3) is 0 Å². The van der Waals surface area contributed by atoms with Crippen LogP contribution in [-0.2, 0) is 15.9 Å². The van der Waals surface area contributed by atoms with Crippen LogP contribution in [0, 0.1) is 0 Å². The van der Waals surface area contributed by atoms with Gasteiger partial charge in [0.1, 0.15) is 0 Å². The van der Waals surface area contributed by atoms with Crippen LogP contribution in [0.2, 0.25) is 0 Å². The molecule has 0 amide bonds. The molecule has 1 aromatic rings. The summed E-state index contributed by atoms with van der Waals surface area (Å²) < 4.78 is 9.91. The third-order valence-electron chi connectivity index (χ3n) is 4.96. The Bertz CT molecular complexity index is 522. The molecule has 2 nitrogen and oxygen atoms in total. The molecule has 0 fully saturated rings. The van der Waals surface area contributed by atoms with Gasteiger partial charge in [-0.25, -0.2) is 0 Å². The molecule has 0 saturated carbocycles. The van der Waals surface area contributed by atoms with Crippen molar-refractivity contribution in [3.05, 3.63) is 29.8 Å². The van der Waals surface area contributed by atoms with E-state index in [-0.39, 0.29) is 6.29 Å². The SMILES string of the molecule is CCCOC(CCCCCCCCc1ccccc1P(C)(C)(C)I)OCCC. The van der Waals surface area contributed by atoms with Gasteiger partial charge in [0.15, 0.2) is 0 Å². The van der Waals surface area contributed by atoms with E-state index in [1.54, 1.807) is 10.9 Å². The molecule has 0 unspecified atom stereocenters. The molecule has 1 aromatic carbocycles. The van der Waals surface area contributed by atoms with Crippen LogP contribution in [0.1, 0.15) is 77.2 Å². The second-order valence-electron chi connectivity index (χ2n) is 9.06. The number of hydrogen-bond donors (Lipinski definition) is 0. The zero-order chi connectivity index (χ0) is 20.9. The molecule has 164 valence electrons. The summed E-state index contributed by atoms with van der Waals surface area (Å²) in [4.78, 5) is 0. The third kappa shape index (κ3) is 11.5. The van der Waals surface area contributed by atoms with E-state index in [0.29, 0.717) is 0 Å². The van der Waals surface area contributed by atoms with Gasteiger partial charge >= 0.3 is 149 Å². The molecule has 0 aliphatic heterocycles. The Kier molecular flexibility index (Phi) is 12.8. The van der Waals surface area contributed by atoms with E-state index < -0.39 is 4.25 Å². The third-order valence-corrected chi connectivity index (χ3v) is 8.58. The van der Waals surface area contributed by atoms with E-state index >= 15 is 0 Å². The second kappa shape index (κ2) is 13.6. The van der Waals surface area contributed by atoms with Crippen LogP contribution < -0.4 is 5.30 Å². The molecule has 0 aliphatic rings. The maximum atomic E-state index is 5.81. The van der Waals surface area contributed by atoms with E-state index in [0.717, 1.165) is 32.5 Å². The first-order chi connectivity index (χ1) is 13.2. The number of benzene rings is 1. The Morgan fingerprint density at radius 1 is 0.821 bits per heavy atom. The average Bonchev–Trinajstić information content (AvgIpc) is 2.64. The molecule has 28 heavy (non-hydrogen) atoms. The average molecular weight is 522 g/mol. The summed E-state index contributed by atoms with van der Waals surface area (Å²) in [5.41, 5.74) is 1.58. The van der Waals surface area contributed by atoms with Crippen molar-refractivity contribution in [2.24, 2.45) is 0 Å². The van der Waals surface area contributed by atoms with Gasteiger partial charge in [0.2, 0.25) is 0 Å². The van der Waals surface area contributed by atoms with Crippen molar-refractivity contribution in [2.75, 3.05) is 33.2 Å². The Hall–Kier alpha value is 0.300. The van der Waals surface area contributed by atoms with Crippen LogP contribution in [-0.4, -0.2) is 39.5 Å².